The fraction of sp³-hybridized carbons (Fsp3) is 0.286. The molecule has 0 bridgehead atoms. The van der Waals surface area contributed by atoms with Gasteiger partial charge >= 0.3 is 12.1 Å². The third-order valence-corrected chi connectivity index (χ3v) is 2.39. The number of carbonyl (C=O) groups excluding carboxylic acids is 1. The van der Waals surface area contributed by atoms with E-state index in [1.807, 2.05) is 6.07 Å². The Balaban J connectivity index is 2.70. The maximum atomic E-state index is 11.9. The Morgan fingerprint density at radius 2 is 2.00 bits per heavy atom. The van der Waals surface area contributed by atoms with Crippen LogP contribution in [-0.2, 0) is 9.53 Å². The zero-order valence-electron chi connectivity index (χ0n) is 10.6. The smallest absolute Gasteiger partial charge is 0.414 e. The summed E-state index contributed by atoms with van der Waals surface area (Å²) in [6.45, 7) is 3.90. The molecular weight excluding hydrogens is 246 g/mol. The number of hydrogen-bond donors (Lipinski definition) is 1. The molecule has 0 spiro atoms. The summed E-state index contributed by atoms with van der Waals surface area (Å²) in [5.41, 5.74) is 0.682. The molecule has 1 rings (SSSR count). The second-order valence-corrected chi connectivity index (χ2v) is 3.85. The number of carboxylic acids is 1. The van der Waals surface area contributed by atoms with Crippen LogP contribution in [0.25, 0.3) is 0 Å². The van der Waals surface area contributed by atoms with Crippen LogP contribution in [0.5, 0.6) is 0 Å². The Labute approximate surface area is 112 Å². The standard InChI is InChI=1S/C14H17NO4/c1-2-11-19-14(18)15(10-6-9-13(16)17)12-7-4-3-5-8-12/h2-5,7-8H,1,6,9-11H2,(H,16,17). The van der Waals surface area contributed by atoms with Gasteiger partial charge < -0.3 is 9.84 Å². The van der Waals surface area contributed by atoms with Crippen LogP contribution in [0.1, 0.15) is 12.8 Å². The molecule has 5 nitrogen and oxygen atoms in total. The van der Waals surface area contributed by atoms with E-state index in [2.05, 4.69) is 6.58 Å². The number of anilines is 1. The first-order chi connectivity index (χ1) is 9.15. The predicted octanol–water partition coefficient (Wildman–Crippen LogP) is 2.68. The van der Waals surface area contributed by atoms with Crippen LogP contribution in [0.3, 0.4) is 0 Å². The quantitative estimate of drug-likeness (QED) is 0.768. The van der Waals surface area contributed by atoms with Gasteiger partial charge in [0.2, 0.25) is 0 Å². The lowest BCUT2D eigenvalue weighted by molar-refractivity contribution is -0.137. The number of ether oxygens (including phenoxy) is 1. The molecule has 19 heavy (non-hydrogen) atoms. The minimum atomic E-state index is -0.882. The van der Waals surface area contributed by atoms with Crippen molar-refractivity contribution < 1.29 is 19.4 Å². The molecule has 0 aliphatic heterocycles. The molecule has 0 saturated heterocycles. The highest BCUT2D eigenvalue weighted by molar-refractivity contribution is 5.87. The molecule has 1 N–H and O–H groups in total. The number of benzene rings is 1. The topological polar surface area (TPSA) is 66.8 Å². The van der Waals surface area contributed by atoms with E-state index in [-0.39, 0.29) is 13.0 Å². The van der Waals surface area contributed by atoms with Gasteiger partial charge in [-0.1, -0.05) is 30.9 Å². The van der Waals surface area contributed by atoms with E-state index in [4.69, 9.17) is 9.84 Å². The lowest BCUT2D eigenvalue weighted by Gasteiger charge is -2.21. The lowest BCUT2D eigenvalue weighted by atomic mass is 10.2. The van der Waals surface area contributed by atoms with Gasteiger partial charge in [-0.15, -0.1) is 0 Å². The Morgan fingerprint density at radius 1 is 1.32 bits per heavy atom. The highest BCUT2D eigenvalue weighted by Gasteiger charge is 2.16. The van der Waals surface area contributed by atoms with Gasteiger partial charge in [0, 0.05) is 18.7 Å². The largest absolute Gasteiger partial charge is 0.481 e. The number of nitrogens with zero attached hydrogens (tertiary/aromatic N) is 1. The van der Waals surface area contributed by atoms with Crippen molar-refractivity contribution in [1.82, 2.24) is 0 Å². The van der Waals surface area contributed by atoms with E-state index in [9.17, 15) is 9.59 Å². The van der Waals surface area contributed by atoms with Gasteiger partial charge in [0.15, 0.2) is 0 Å². The second-order valence-electron chi connectivity index (χ2n) is 3.85. The van der Waals surface area contributed by atoms with Crippen molar-refractivity contribution in [3.8, 4) is 0 Å². The molecule has 5 heteroatoms. The van der Waals surface area contributed by atoms with Crippen LogP contribution in [0.15, 0.2) is 43.0 Å². The predicted molar refractivity (Wildman–Crippen MR) is 72.2 cm³/mol. The molecule has 0 aromatic heterocycles. The van der Waals surface area contributed by atoms with Crippen molar-refractivity contribution in [1.29, 1.82) is 0 Å². The normalized spacial score (nSPS) is 9.68. The number of amides is 1. The van der Waals surface area contributed by atoms with Crippen molar-refractivity contribution in [3.63, 3.8) is 0 Å². The van der Waals surface area contributed by atoms with Gasteiger partial charge in [0.05, 0.1) is 0 Å². The molecule has 0 saturated carbocycles. The number of carbonyl (C=O) groups is 2. The summed E-state index contributed by atoms with van der Waals surface area (Å²) in [5, 5.41) is 8.63. The van der Waals surface area contributed by atoms with E-state index in [0.717, 1.165) is 0 Å². The molecule has 0 heterocycles. The van der Waals surface area contributed by atoms with Gasteiger partial charge in [-0.25, -0.2) is 4.79 Å². The van der Waals surface area contributed by atoms with Crippen LogP contribution in [0.4, 0.5) is 10.5 Å². The zero-order chi connectivity index (χ0) is 14.1. The van der Waals surface area contributed by atoms with E-state index in [1.165, 1.54) is 11.0 Å². The molecule has 0 atom stereocenters. The zero-order valence-corrected chi connectivity index (χ0v) is 10.6. The van der Waals surface area contributed by atoms with Crippen LogP contribution in [0.2, 0.25) is 0 Å². The number of rotatable bonds is 7. The Kier molecular flexibility index (Phi) is 6.15. The summed E-state index contributed by atoms with van der Waals surface area (Å²) >= 11 is 0. The van der Waals surface area contributed by atoms with Crippen molar-refractivity contribution in [2.45, 2.75) is 12.8 Å². The van der Waals surface area contributed by atoms with E-state index in [1.54, 1.807) is 24.3 Å². The Morgan fingerprint density at radius 3 is 2.58 bits per heavy atom. The summed E-state index contributed by atoms with van der Waals surface area (Å²) in [6, 6.07) is 9.00. The molecule has 102 valence electrons. The lowest BCUT2D eigenvalue weighted by Crippen LogP contribution is -2.32. The first-order valence-corrected chi connectivity index (χ1v) is 5.97. The van der Waals surface area contributed by atoms with E-state index >= 15 is 0 Å². The fourth-order valence-corrected chi connectivity index (χ4v) is 1.53. The van der Waals surface area contributed by atoms with Crippen molar-refractivity contribution in [3.05, 3.63) is 43.0 Å². The monoisotopic (exact) mass is 263 g/mol. The minimum Gasteiger partial charge on any atom is -0.481 e. The van der Waals surface area contributed by atoms with Gasteiger partial charge in [-0.05, 0) is 18.6 Å². The van der Waals surface area contributed by atoms with Gasteiger partial charge in [0.1, 0.15) is 6.61 Å². The average molecular weight is 263 g/mol. The summed E-state index contributed by atoms with van der Waals surface area (Å²) in [5.74, 6) is -0.882. The molecule has 1 amide bonds. The Hall–Kier alpha value is -2.30. The molecule has 0 fully saturated rings. The summed E-state index contributed by atoms with van der Waals surface area (Å²) in [7, 11) is 0. The van der Waals surface area contributed by atoms with Crippen molar-refractivity contribution >= 4 is 17.7 Å². The molecule has 1 aromatic carbocycles. The molecule has 0 aliphatic rings. The first kappa shape index (κ1) is 14.8. The second kappa shape index (κ2) is 7.92. The van der Waals surface area contributed by atoms with Gasteiger partial charge in [-0.3, -0.25) is 9.69 Å². The van der Waals surface area contributed by atoms with Crippen molar-refractivity contribution in [2.24, 2.45) is 0 Å². The molecular formula is C14H17NO4. The highest BCUT2D eigenvalue weighted by Crippen LogP contribution is 2.15. The molecule has 0 unspecified atom stereocenters. The van der Waals surface area contributed by atoms with E-state index < -0.39 is 12.1 Å². The van der Waals surface area contributed by atoms with Gasteiger partial charge in [0.25, 0.3) is 0 Å². The van der Waals surface area contributed by atoms with Crippen LogP contribution >= 0.6 is 0 Å². The Bertz CT molecular complexity index is 430. The summed E-state index contributed by atoms with van der Waals surface area (Å²) < 4.78 is 4.99. The van der Waals surface area contributed by atoms with Crippen LogP contribution < -0.4 is 4.90 Å². The number of aliphatic carboxylic acids is 1. The average Bonchev–Trinajstić information content (AvgIpc) is 2.41. The van der Waals surface area contributed by atoms with Crippen molar-refractivity contribution in [2.75, 3.05) is 18.1 Å². The van der Waals surface area contributed by atoms with Crippen LogP contribution in [0, 0.1) is 0 Å². The van der Waals surface area contributed by atoms with Gasteiger partial charge in [-0.2, -0.15) is 0 Å². The SMILES string of the molecule is C=CCOC(=O)N(CCCC(=O)O)c1ccccc1. The van der Waals surface area contributed by atoms with E-state index in [0.29, 0.717) is 18.7 Å². The molecule has 1 aromatic rings. The molecule has 0 aliphatic carbocycles. The maximum Gasteiger partial charge on any atom is 0.414 e. The maximum absolute atomic E-state index is 11.9. The fourth-order valence-electron chi connectivity index (χ4n) is 1.53. The minimum absolute atomic E-state index is 0.0120. The third kappa shape index (κ3) is 5.25. The van der Waals surface area contributed by atoms with Crippen LogP contribution in [-0.4, -0.2) is 30.3 Å². The molecule has 0 radical (unpaired) electrons. The number of hydrogen-bond acceptors (Lipinski definition) is 3. The first-order valence-electron chi connectivity index (χ1n) is 5.97. The summed E-state index contributed by atoms with van der Waals surface area (Å²) in [4.78, 5) is 23.8. The summed E-state index contributed by atoms with van der Waals surface area (Å²) in [6.07, 6.45) is 1.36. The third-order valence-electron chi connectivity index (χ3n) is 2.39. The highest BCUT2D eigenvalue weighted by atomic mass is 16.6. The number of carboxylic acid groups (broad SMARTS) is 1. The number of para-hydroxylation sites is 1.